The van der Waals surface area contributed by atoms with E-state index in [0.717, 1.165) is 40.2 Å². The third-order valence-electron chi connectivity index (χ3n) is 6.74. The number of hydrogen-bond acceptors (Lipinski definition) is 4. The van der Waals surface area contributed by atoms with E-state index >= 15 is 0 Å². The van der Waals surface area contributed by atoms with Crippen molar-refractivity contribution in [1.29, 1.82) is 0 Å². The molecule has 3 atom stereocenters. The Bertz CT molecular complexity index is 1240. The summed E-state index contributed by atoms with van der Waals surface area (Å²) in [4.78, 5) is 29.5. The van der Waals surface area contributed by atoms with E-state index in [-0.39, 0.29) is 30.0 Å². The molecule has 2 aromatic heterocycles. The lowest BCUT2D eigenvalue weighted by Crippen LogP contribution is -2.41. The number of alkyl halides is 1. The smallest absolute Gasteiger partial charge is 0.254 e. The summed E-state index contributed by atoms with van der Waals surface area (Å²) in [6.07, 6.45) is 1.74. The number of fused-ring (bicyclic) bond motifs is 1. The van der Waals surface area contributed by atoms with Gasteiger partial charge in [-0.25, -0.2) is 4.39 Å². The molecule has 1 unspecified atom stereocenters. The van der Waals surface area contributed by atoms with Gasteiger partial charge >= 0.3 is 0 Å². The molecule has 8 heteroatoms. The Labute approximate surface area is 197 Å². The van der Waals surface area contributed by atoms with Crippen LogP contribution >= 0.6 is 11.8 Å². The minimum Gasteiger partial charge on any atom is -0.348 e. The zero-order valence-electron chi connectivity index (χ0n) is 19.5. The van der Waals surface area contributed by atoms with Crippen molar-refractivity contribution in [1.82, 2.24) is 20.2 Å². The molecular weight excluding hydrogens is 439 g/mol. The summed E-state index contributed by atoms with van der Waals surface area (Å²) in [5.74, 6) is -0.351. The number of piperidine rings is 1. The number of aryl methyl sites for hydroxylation is 1. The van der Waals surface area contributed by atoms with Gasteiger partial charge in [-0.2, -0.15) is 0 Å². The molecule has 3 aromatic rings. The van der Waals surface area contributed by atoms with Crippen LogP contribution in [0.3, 0.4) is 0 Å². The first-order valence-corrected chi connectivity index (χ1v) is 12.5. The van der Waals surface area contributed by atoms with Crippen LogP contribution in [0.1, 0.15) is 46.7 Å². The maximum atomic E-state index is 14.7. The van der Waals surface area contributed by atoms with Crippen molar-refractivity contribution in [2.75, 3.05) is 19.3 Å². The predicted molar refractivity (Wildman–Crippen MR) is 132 cm³/mol. The SMILES string of the molecule is CSc1cc(C)[nH]c(=O)c1CNC(=O)c1c(C)n(C(C)[C@H]2CCNC[C@@H]2F)c2ccccc12. The molecule has 6 nitrogen and oxygen atoms in total. The van der Waals surface area contributed by atoms with Gasteiger partial charge in [-0.3, -0.25) is 9.59 Å². The van der Waals surface area contributed by atoms with Gasteiger partial charge in [0.1, 0.15) is 6.17 Å². The quantitative estimate of drug-likeness (QED) is 0.474. The fraction of sp³-hybridized carbons (Fsp3) is 0.440. The molecule has 3 heterocycles. The number of halogens is 1. The third kappa shape index (κ3) is 4.46. The number of amides is 1. The van der Waals surface area contributed by atoms with Crippen molar-refractivity contribution >= 4 is 28.6 Å². The van der Waals surface area contributed by atoms with E-state index in [2.05, 4.69) is 20.2 Å². The Hall–Kier alpha value is -2.58. The summed E-state index contributed by atoms with van der Waals surface area (Å²) >= 11 is 1.48. The van der Waals surface area contributed by atoms with E-state index in [1.807, 2.05) is 57.4 Å². The number of hydrogen-bond donors (Lipinski definition) is 3. The minimum absolute atomic E-state index is 0.0865. The van der Waals surface area contributed by atoms with Crippen molar-refractivity contribution in [3.63, 3.8) is 0 Å². The second kappa shape index (κ2) is 9.73. The molecule has 1 saturated heterocycles. The molecule has 1 aliphatic rings. The molecule has 3 N–H and O–H groups in total. The highest BCUT2D eigenvalue weighted by Crippen LogP contribution is 2.35. The highest BCUT2D eigenvalue weighted by Gasteiger charge is 2.33. The molecule has 33 heavy (non-hydrogen) atoms. The standard InChI is InChI=1S/C25H31FN4O2S/c1-14-11-22(33-4)19(24(31)29-14)12-28-25(32)23-16(3)30(21-8-6-5-7-18(21)23)15(2)17-9-10-27-13-20(17)26/h5-8,11,15,17,20,27H,9-10,12-13H2,1-4H3,(H,28,32)(H,29,31)/t15?,17-,20+/m1/s1. The van der Waals surface area contributed by atoms with Gasteiger partial charge in [-0.1, -0.05) is 18.2 Å². The Morgan fingerprint density at radius 2 is 2.09 bits per heavy atom. The van der Waals surface area contributed by atoms with Gasteiger partial charge in [0.05, 0.1) is 5.56 Å². The van der Waals surface area contributed by atoms with Crippen LogP contribution in [0.4, 0.5) is 4.39 Å². The van der Waals surface area contributed by atoms with Gasteiger partial charge in [0.2, 0.25) is 0 Å². The molecule has 4 rings (SSSR count). The first-order valence-electron chi connectivity index (χ1n) is 11.3. The monoisotopic (exact) mass is 470 g/mol. The Morgan fingerprint density at radius 1 is 1.33 bits per heavy atom. The summed E-state index contributed by atoms with van der Waals surface area (Å²) < 4.78 is 16.8. The fourth-order valence-corrected chi connectivity index (χ4v) is 5.78. The second-order valence-electron chi connectivity index (χ2n) is 8.77. The highest BCUT2D eigenvalue weighted by molar-refractivity contribution is 7.98. The topological polar surface area (TPSA) is 78.9 Å². The zero-order chi connectivity index (χ0) is 23.7. The van der Waals surface area contributed by atoms with Gasteiger partial charge in [-0.15, -0.1) is 11.8 Å². The van der Waals surface area contributed by atoms with Crippen molar-refractivity contribution < 1.29 is 9.18 Å². The van der Waals surface area contributed by atoms with E-state index in [4.69, 9.17) is 0 Å². The molecule has 0 radical (unpaired) electrons. The molecular formula is C25H31FN4O2S. The summed E-state index contributed by atoms with van der Waals surface area (Å²) in [5.41, 5.74) is 3.47. The molecule has 0 saturated carbocycles. The van der Waals surface area contributed by atoms with Gasteiger partial charge < -0.3 is 20.2 Å². The number of carbonyl (C=O) groups excluding carboxylic acids is 1. The number of thioether (sulfide) groups is 1. The number of aromatic nitrogens is 2. The van der Waals surface area contributed by atoms with Crippen LogP contribution in [-0.2, 0) is 6.54 Å². The summed E-state index contributed by atoms with van der Waals surface area (Å²) in [6.45, 7) is 7.10. The average molecular weight is 471 g/mol. The number of aromatic amines is 1. The number of H-pyrrole nitrogens is 1. The molecule has 0 bridgehead atoms. The number of nitrogens with zero attached hydrogens (tertiary/aromatic N) is 1. The number of nitrogens with one attached hydrogen (secondary N) is 3. The maximum Gasteiger partial charge on any atom is 0.254 e. The van der Waals surface area contributed by atoms with Crippen LogP contribution in [-0.4, -0.2) is 41.0 Å². The van der Waals surface area contributed by atoms with Crippen molar-refractivity contribution in [2.45, 2.75) is 50.8 Å². The largest absolute Gasteiger partial charge is 0.348 e. The normalized spacial score (nSPS) is 19.5. The van der Waals surface area contributed by atoms with Gasteiger partial charge in [0.15, 0.2) is 0 Å². The van der Waals surface area contributed by atoms with Crippen LogP contribution in [0, 0.1) is 19.8 Å². The van der Waals surface area contributed by atoms with Crippen molar-refractivity contribution in [2.24, 2.45) is 5.92 Å². The van der Waals surface area contributed by atoms with Gasteiger partial charge in [-0.05, 0) is 52.1 Å². The minimum atomic E-state index is -0.926. The van der Waals surface area contributed by atoms with Crippen LogP contribution < -0.4 is 16.2 Å². The van der Waals surface area contributed by atoms with Gasteiger partial charge in [0.25, 0.3) is 11.5 Å². The number of benzene rings is 1. The summed E-state index contributed by atoms with van der Waals surface area (Å²) in [6, 6.07) is 9.60. The zero-order valence-corrected chi connectivity index (χ0v) is 20.3. The average Bonchev–Trinajstić information content (AvgIpc) is 3.09. The molecule has 0 spiro atoms. The van der Waals surface area contributed by atoms with E-state index in [1.54, 1.807) is 0 Å². The summed E-state index contributed by atoms with van der Waals surface area (Å²) in [7, 11) is 0. The Morgan fingerprint density at radius 3 is 2.82 bits per heavy atom. The van der Waals surface area contributed by atoms with Crippen molar-refractivity contribution in [3.8, 4) is 0 Å². The molecule has 176 valence electrons. The number of para-hydroxylation sites is 1. The van der Waals surface area contributed by atoms with Crippen molar-refractivity contribution in [3.05, 3.63) is 63.2 Å². The molecule has 1 aromatic carbocycles. The Balaban J connectivity index is 1.68. The van der Waals surface area contributed by atoms with Crippen LogP contribution in [0.2, 0.25) is 0 Å². The second-order valence-corrected chi connectivity index (χ2v) is 9.62. The fourth-order valence-electron chi connectivity index (χ4n) is 5.07. The van der Waals surface area contributed by atoms with Crippen LogP contribution in [0.15, 0.2) is 40.0 Å². The van der Waals surface area contributed by atoms with E-state index in [9.17, 15) is 14.0 Å². The number of pyridine rings is 1. The lowest BCUT2D eigenvalue weighted by Gasteiger charge is -2.33. The molecule has 1 aliphatic heterocycles. The Kier molecular flexibility index (Phi) is 6.95. The van der Waals surface area contributed by atoms with E-state index in [1.165, 1.54) is 11.8 Å². The highest BCUT2D eigenvalue weighted by atomic mass is 32.2. The van der Waals surface area contributed by atoms with E-state index in [0.29, 0.717) is 17.7 Å². The number of rotatable bonds is 6. The first kappa shape index (κ1) is 23.6. The first-order chi connectivity index (χ1) is 15.8. The molecule has 1 amide bonds. The lowest BCUT2D eigenvalue weighted by molar-refractivity contribution is 0.0950. The number of carbonyl (C=O) groups is 1. The van der Waals surface area contributed by atoms with E-state index < -0.39 is 6.17 Å². The lowest BCUT2D eigenvalue weighted by atomic mass is 9.89. The maximum absolute atomic E-state index is 14.7. The van der Waals surface area contributed by atoms with Crippen LogP contribution in [0.5, 0.6) is 0 Å². The van der Waals surface area contributed by atoms with Gasteiger partial charge in [0, 0.05) is 57.8 Å². The predicted octanol–water partition coefficient (Wildman–Crippen LogP) is 4.11. The molecule has 0 aliphatic carbocycles. The molecule has 1 fully saturated rings. The third-order valence-corrected chi connectivity index (χ3v) is 7.55. The summed E-state index contributed by atoms with van der Waals surface area (Å²) in [5, 5.41) is 6.91. The van der Waals surface area contributed by atoms with Crippen LogP contribution in [0.25, 0.3) is 10.9 Å².